The third-order valence-electron chi connectivity index (χ3n) is 3.14. The van der Waals surface area contributed by atoms with Crippen molar-refractivity contribution in [2.24, 2.45) is 0 Å². The fourth-order valence-corrected chi connectivity index (χ4v) is 2.39. The van der Waals surface area contributed by atoms with Crippen LogP contribution < -0.4 is 14.9 Å². The second-order valence-corrected chi connectivity index (χ2v) is 6.46. The van der Waals surface area contributed by atoms with E-state index in [1.54, 1.807) is 24.9 Å². The summed E-state index contributed by atoms with van der Waals surface area (Å²) in [4.78, 5) is 25.3. The van der Waals surface area contributed by atoms with Crippen molar-refractivity contribution in [1.82, 2.24) is 4.72 Å². The van der Waals surface area contributed by atoms with Gasteiger partial charge in [0.15, 0.2) is 0 Å². The first-order valence-corrected chi connectivity index (χ1v) is 7.78. The number of rotatable bonds is 2. The number of hydrogen-bond acceptors (Lipinski definition) is 5. The zero-order valence-electron chi connectivity index (χ0n) is 11.3. The minimum Gasteiger partial charge on any atom is -0.361 e. The van der Waals surface area contributed by atoms with E-state index in [0.29, 0.717) is 5.69 Å². The minimum atomic E-state index is -3.62. The van der Waals surface area contributed by atoms with Crippen LogP contribution >= 0.6 is 0 Å². The van der Waals surface area contributed by atoms with Gasteiger partial charge in [-0.3, -0.25) is 9.59 Å². The minimum absolute atomic E-state index is 0.164. The molecular weight excluding hydrogens is 282 g/mol. The number of sulfonamides is 1. The SMILES string of the molecule is CC1C(=O)Nc2cc(C(=O)NS(C)(=O)=O)ccc2N1C. The average molecular weight is 297 g/mol. The van der Waals surface area contributed by atoms with Crippen LogP contribution in [0.3, 0.4) is 0 Å². The highest BCUT2D eigenvalue weighted by molar-refractivity contribution is 7.89. The molecule has 1 heterocycles. The van der Waals surface area contributed by atoms with Gasteiger partial charge in [0.1, 0.15) is 6.04 Å². The van der Waals surface area contributed by atoms with Gasteiger partial charge >= 0.3 is 0 Å². The fourth-order valence-electron chi connectivity index (χ4n) is 1.93. The number of hydrogen-bond donors (Lipinski definition) is 2. The van der Waals surface area contributed by atoms with Gasteiger partial charge in [-0.15, -0.1) is 0 Å². The molecule has 1 atom stereocenters. The third kappa shape index (κ3) is 2.74. The van der Waals surface area contributed by atoms with Gasteiger partial charge in [-0.2, -0.15) is 0 Å². The molecule has 8 heteroatoms. The molecule has 0 saturated heterocycles. The number of likely N-dealkylation sites (N-methyl/N-ethyl adjacent to an activating group) is 1. The summed E-state index contributed by atoms with van der Waals surface area (Å²) in [7, 11) is -1.84. The van der Waals surface area contributed by atoms with Gasteiger partial charge in [0.25, 0.3) is 5.91 Å². The number of carbonyl (C=O) groups is 2. The molecule has 1 unspecified atom stereocenters. The number of nitrogens with zero attached hydrogens (tertiary/aromatic N) is 1. The molecule has 7 nitrogen and oxygen atoms in total. The molecule has 2 rings (SSSR count). The standard InChI is InChI=1S/C12H15N3O4S/c1-7-11(16)13-9-6-8(4-5-10(9)15(7)2)12(17)14-20(3,18)19/h4-7H,1-3H3,(H,13,16)(H,14,17). The maximum absolute atomic E-state index is 11.8. The zero-order valence-corrected chi connectivity index (χ0v) is 12.1. The van der Waals surface area contributed by atoms with Gasteiger partial charge in [0.2, 0.25) is 15.9 Å². The Morgan fingerprint density at radius 3 is 2.65 bits per heavy atom. The van der Waals surface area contributed by atoms with Gasteiger partial charge in [0.05, 0.1) is 17.6 Å². The first-order valence-electron chi connectivity index (χ1n) is 5.89. The molecule has 20 heavy (non-hydrogen) atoms. The van der Waals surface area contributed by atoms with E-state index >= 15 is 0 Å². The lowest BCUT2D eigenvalue weighted by Gasteiger charge is -2.33. The van der Waals surface area contributed by atoms with Crippen molar-refractivity contribution in [3.05, 3.63) is 23.8 Å². The first kappa shape index (κ1) is 14.3. The van der Waals surface area contributed by atoms with Crippen molar-refractivity contribution in [2.75, 3.05) is 23.5 Å². The number of carbonyl (C=O) groups excluding carboxylic acids is 2. The summed E-state index contributed by atoms with van der Waals surface area (Å²) in [6.07, 6.45) is 0.903. The van der Waals surface area contributed by atoms with Crippen LogP contribution in [0.4, 0.5) is 11.4 Å². The third-order valence-corrected chi connectivity index (χ3v) is 3.69. The maximum Gasteiger partial charge on any atom is 0.264 e. The van der Waals surface area contributed by atoms with Gasteiger partial charge in [-0.05, 0) is 25.1 Å². The van der Waals surface area contributed by atoms with Crippen LogP contribution in [-0.4, -0.2) is 39.6 Å². The predicted molar refractivity (Wildman–Crippen MR) is 75.2 cm³/mol. The lowest BCUT2D eigenvalue weighted by atomic mass is 10.1. The van der Waals surface area contributed by atoms with Gasteiger partial charge < -0.3 is 10.2 Å². The normalized spacial score (nSPS) is 18.2. The summed E-state index contributed by atoms with van der Waals surface area (Å²) in [5.41, 5.74) is 1.42. The molecule has 0 saturated carbocycles. The van der Waals surface area contributed by atoms with E-state index in [1.165, 1.54) is 12.1 Å². The Labute approximate surface area is 117 Å². The highest BCUT2D eigenvalue weighted by atomic mass is 32.2. The molecule has 1 aliphatic rings. The van der Waals surface area contributed by atoms with Crippen LogP contribution in [0.2, 0.25) is 0 Å². The van der Waals surface area contributed by atoms with E-state index in [-0.39, 0.29) is 17.5 Å². The van der Waals surface area contributed by atoms with Crippen LogP contribution in [0.1, 0.15) is 17.3 Å². The quantitative estimate of drug-likeness (QED) is 0.810. The molecule has 108 valence electrons. The number of benzene rings is 1. The van der Waals surface area contributed by atoms with E-state index < -0.39 is 15.9 Å². The summed E-state index contributed by atoms with van der Waals surface area (Å²) < 4.78 is 24.0. The molecule has 2 amide bonds. The second kappa shape index (κ2) is 4.78. The summed E-state index contributed by atoms with van der Waals surface area (Å²) in [5.74, 6) is -0.911. The van der Waals surface area contributed by atoms with Gasteiger partial charge in [-0.1, -0.05) is 0 Å². The smallest absolute Gasteiger partial charge is 0.264 e. The second-order valence-electron chi connectivity index (χ2n) is 4.71. The highest BCUT2D eigenvalue weighted by Crippen LogP contribution is 2.31. The van der Waals surface area contributed by atoms with Crippen molar-refractivity contribution in [1.29, 1.82) is 0 Å². The van der Waals surface area contributed by atoms with Crippen LogP contribution in [0.5, 0.6) is 0 Å². The number of anilines is 2. The van der Waals surface area contributed by atoms with E-state index in [2.05, 4.69) is 5.32 Å². The van der Waals surface area contributed by atoms with Crippen molar-refractivity contribution < 1.29 is 18.0 Å². The molecule has 1 aromatic carbocycles. The maximum atomic E-state index is 11.8. The van der Waals surface area contributed by atoms with Crippen molar-refractivity contribution >= 4 is 33.2 Å². The van der Waals surface area contributed by atoms with Gasteiger partial charge in [0, 0.05) is 12.6 Å². The van der Waals surface area contributed by atoms with E-state index in [4.69, 9.17) is 0 Å². The van der Waals surface area contributed by atoms with Crippen LogP contribution in [-0.2, 0) is 14.8 Å². The summed E-state index contributed by atoms with van der Waals surface area (Å²) in [5, 5.41) is 2.69. The summed E-state index contributed by atoms with van der Waals surface area (Å²) in [6.45, 7) is 1.77. The Kier molecular flexibility index (Phi) is 3.43. The zero-order chi connectivity index (χ0) is 15.1. The molecule has 1 aliphatic heterocycles. The average Bonchev–Trinajstić information content (AvgIpc) is 2.33. The van der Waals surface area contributed by atoms with Crippen molar-refractivity contribution in [3.63, 3.8) is 0 Å². The molecule has 0 fully saturated rings. The Balaban J connectivity index is 2.36. The number of amides is 2. The monoisotopic (exact) mass is 297 g/mol. The van der Waals surface area contributed by atoms with Crippen LogP contribution in [0.25, 0.3) is 0 Å². The predicted octanol–water partition coefficient (Wildman–Crippen LogP) is 0.153. The molecule has 0 spiro atoms. The molecule has 0 aromatic heterocycles. The Morgan fingerprint density at radius 1 is 1.40 bits per heavy atom. The van der Waals surface area contributed by atoms with E-state index in [9.17, 15) is 18.0 Å². The molecule has 1 aromatic rings. The van der Waals surface area contributed by atoms with Crippen LogP contribution in [0, 0.1) is 0 Å². The summed E-state index contributed by atoms with van der Waals surface area (Å²) in [6, 6.07) is 4.33. The van der Waals surface area contributed by atoms with Crippen molar-refractivity contribution in [2.45, 2.75) is 13.0 Å². The largest absolute Gasteiger partial charge is 0.361 e. The molecular formula is C12H15N3O4S. The first-order chi connectivity index (χ1) is 9.19. The molecule has 0 radical (unpaired) electrons. The van der Waals surface area contributed by atoms with Crippen LogP contribution in [0.15, 0.2) is 18.2 Å². The molecule has 0 bridgehead atoms. The molecule has 2 N–H and O–H groups in total. The van der Waals surface area contributed by atoms with E-state index in [0.717, 1.165) is 11.9 Å². The topological polar surface area (TPSA) is 95.6 Å². The number of fused-ring (bicyclic) bond motifs is 1. The fraction of sp³-hybridized carbons (Fsp3) is 0.333. The Morgan fingerprint density at radius 2 is 2.05 bits per heavy atom. The van der Waals surface area contributed by atoms with Crippen molar-refractivity contribution in [3.8, 4) is 0 Å². The molecule has 0 aliphatic carbocycles. The highest BCUT2D eigenvalue weighted by Gasteiger charge is 2.27. The lowest BCUT2D eigenvalue weighted by Crippen LogP contribution is -2.44. The van der Waals surface area contributed by atoms with E-state index in [1.807, 2.05) is 4.72 Å². The summed E-state index contributed by atoms with van der Waals surface area (Å²) >= 11 is 0. The lowest BCUT2D eigenvalue weighted by molar-refractivity contribution is -0.117. The Bertz CT molecular complexity index is 684. The van der Waals surface area contributed by atoms with Gasteiger partial charge in [-0.25, -0.2) is 13.1 Å². The number of nitrogens with one attached hydrogen (secondary N) is 2. The Hall–Kier alpha value is -2.09.